The zero-order valence-electron chi connectivity index (χ0n) is 11.3. The average Bonchev–Trinajstić information content (AvgIpc) is 3.13. The van der Waals surface area contributed by atoms with Crippen LogP contribution in [0.1, 0.15) is 10.7 Å². The van der Waals surface area contributed by atoms with E-state index >= 15 is 0 Å². The van der Waals surface area contributed by atoms with E-state index in [0.29, 0.717) is 17.5 Å². The maximum atomic E-state index is 5.83. The lowest BCUT2D eigenvalue weighted by atomic mass is 10.3. The zero-order valence-corrected chi connectivity index (χ0v) is 15.2. The van der Waals surface area contributed by atoms with Crippen molar-refractivity contribution in [2.24, 2.45) is 0 Å². The summed E-state index contributed by atoms with van der Waals surface area (Å²) in [6, 6.07) is 11.4. The molecule has 0 fully saturated rings. The van der Waals surface area contributed by atoms with Crippen LogP contribution in [0.15, 0.2) is 45.3 Å². The summed E-state index contributed by atoms with van der Waals surface area (Å²) in [5, 5.41) is 8.48. The third-order valence-corrected chi connectivity index (χ3v) is 5.63. The molecule has 2 heterocycles. The van der Waals surface area contributed by atoms with Crippen molar-refractivity contribution in [3.05, 3.63) is 55.9 Å². The Kier molecular flexibility index (Phi) is 5.41. The monoisotopic (exact) mass is 415 g/mol. The number of nitrogens with one attached hydrogen (secondary N) is 1. The molecule has 3 aromatic rings. The number of thiophene rings is 1. The summed E-state index contributed by atoms with van der Waals surface area (Å²) in [5.74, 6) is 2.30. The van der Waals surface area contributed by atoms with Gasteiger partial charge in [0, 0.05) is 15.7 Å². The highest BCUT2D eigenvalue weighted by atomic mass is 79.9. The van der Waals surface area contributed by atoms with Crippen molar-refractivity contribution >= 4 is 50.6 Å². The molecule has 0 bridgehead atoms. The SMILES string of the molecule is Clc1ccc(OCc2nc(SCc3ccc(Br)s3)n[nH]2)cc1. The molecule has 0 atom stereocenters. The third kappa shape index (κ3) is 4.49. The molecular formula is C14H11BrClN3OS2. The van der Waals surface area contributed by atoms with E-state index in [2.05, 4.69) is 37.2 Å². The summed E-state index contributed by atoms with van der Waals surface area (Å²) in [6.45, 7) is 0.347. The van der Waals surface area contributed by atoms with Gasteiger partial charge in [-0.1, -0.05) is 23.4 Å². The second-order valence-corrected chi connectivity index (χ2v) is 8.23. The smallest absolute Gasteiger partial charge is 0.208 e. The number of hydrogen-bond donors (Lipinski definition) is 1. The normalized spacial score (nSPS) is 10.8. The van der Waals surface area contributed by atoms with E-state index < -0.39 is 0 Å². The lowest BCUT2D eigenvalue weighted by molar-refractivity contribution is 0.296. The molecule has 0 amide bonds. The van der Waals surface area contributed by atoms with Gasteiger partial charge in [0.25, 0.3) is 0 Å². The molecule has 2 aromatic heterocycles. The van der Waals surface area contributed by atoms with Gasteiger partial charge in [-0.15, -0.1) is 16.4 Å². The Morgan fingerprint density at radius 2 is 2.05 bits per heavy atom. The van der Waals surface area contributed by atoms with Crippen LogP contribution >= 0.6 is 50.6 Å². The minimum absolute atomic E-state index is 0.347. The van der Waals surface area contributed by atoms with Crippen LogP contribution in [0.3, 0.4) is 0 Å². The molecule has 0 aliphatic rings. The van der Waals surface area contributed by atoms with Crippen LogP contribution in [0.2, 0.25) is 5.02 Å². The lowest BCUT2D eigenvalue weighted by Gasteiger charge is -2.03. The first-order chi connectivity index (χ1) is 10.7. The number of benzene rings is 1. The molecule has 1 N–H and O–H groups in total. The summed E-state index contributed by atoms with van der Waals surface area (Å²) in [4.78, 5) is 5.68. The zero-order chi connectivity index (χ0) is 15.4. The molecule has 0 saturated heterocycles. The number of H-pyrrole nitrogens is 1. The Hall–Kier alpha value is -1.02. The molecule has 0 aliphatic heterocycles. The Balaban J connectivity index is 1.51. The Morgan fingerprint density at radius 3 is 2.77 bits per heavy atom. The second kappa shape index (κ2) is 7.50. The summed E-state index contributed by atoms with van der Waals surface area (Å²) in [7, 11) is 0. The van der Waals surface area contributed by atoms with Gasteiger partial charge in [0.05, 0.1) is 3.79 Å². The van der Waals surface area contributed by atoms with E-state index in [1.807, 2.05) is 18.2 Å². The van der Waals surface area contributed by atoms with Crippen molar-refractivity contribution in [1.82, 2.24) is 15.2 Å². The number of rotatable bonds is 6. The van der Waals surface area contributed by atoms with Gasteiger partial charge in [-0.2, -0.15) is 0 Å². The highest BCUT2D eigenvalue weighted by Crippen LogP contribution is 2.27. The van der Waals surface area contributed by atoms with Gasteiger partial charge >= 0.3 is 0 Å². The van der Waals surface area contributed by atoms with Crippen LogP contribution < -0.4 is 4.74 Å². The number of aromatic nitrogens is 3. The largest absolute Gasteiger partial charge is 0.486 e. The van der Waals surface area contributed by atoms with Crippen LogP contribution in [0.4, 0.5) is 0 Å². The van der Waals surface area contributed by atoms with Crippen LogP contribution in [0.5, 0.6) is 5.75 Å². The lowest BCUT2D eigenvalue weighted by Crippen LogP contribution is -1.97. The molecule has 0 unspecified atom stereocenters. The van der Waals surface area contributed by atoms with Crippen molar-refractivity contribution < 1.29 is 4.74 Å². The Labute approximate surface area is 149 Å². The van der Waals surface area contributed by atoms with E-state index in [1.165, 1.54) is 4.88 Å². The predicted molar refractivity (Wildman–Crippen MR) is 93.7 cm³/mol. The van der Waals surface area contributed by atoms with E-state index in [9.17, 15) is 0 Å². The van der Waals surface area contributed by atoms with Crippen molar-refractivity contribution in [2.45, 2.75) is 17.5 Å². The Bertz CT molecular complexity index is 745. The van der Waals surface area contributed by atoms with Gasteiger partial charge in [-0.3, -0.25) is 5.10 Å². The van der Waals surface area contributed by atoms with Gasteiger partial charge in [0.2, 0.25) is 5.16 Å². The summed E-state index contributed by atoms with van der Waals surface area (Å²) in [5.41, 5.74) is 0. The first-order valence-electron chi connectivity index (χ1n) is 6.36. The quantitative estimate of drug-likeness (QED) is 0.564. The van der Waals surface area contributed by atoms with E-state index in [4.69, 9.17) is 16.3 Å². The highest BCUT2D eigenvalue weighted by molar-refractivity contribution is 9.11. The van der Waals surface area contributed by atoms with Gasteiger partial charge in [0.1, 0.15) is 12.4 Å². The van der Waals surface area contributed by atoms with Crippen LogP contribution in [0, 0.1) is 0 Å². The van der Waals surface area contributed by atoms with E-state index in [1.54, 1.807) is 35.2 Å². The summed E-state index contributed by atoms with van der Waals surface area (Å²) in [6.07, 6.45) is 0. The van der Waals surface area contributed by atoms with Gasteiger partial charge < -0.3 is 4.74 Å². The maximum Gasteiger partial charge on any atom is 0.208 e. The molecule has 114 valence electrons. The van der Waals surface area contributed by atoms with Crippen LogP contribution in [-0.2, 0) is 12.4 Å². The van der Waals surface area contributed by atoms with Crippen molar-refractivity contribution in [3.8, 4) is 5.75 Å². The van der Waals surface area contributed by atoms with Crippen molar-refractivity contribution in [3.63, 3.8) is 0 Å². The fraction of sp³-hybridized carbons (Fsp3) is 0.143. The van der Waals surface area contributed by atoms with Gasteiger partial charge in [-0.25, -0.2) is 4.98 Å². The van der Waals surface area contributed by atoms with E-state index in [0.717, 1.165) is 20.4 Å². The van der Waals surface area contributed by atoms with Crippen molar-refractivity contribution in [1.29, 1.82) is 0 Å². The molecular weight excluding hydrogens is 406 g/mol. The summed E-state index contributed by atoms with van der Waals surface area (Å²) >= 11 is 12.6. The second-order valence-electron chi connectivity index (χ2n) is 4.30. The maximum absolute atomic E-state index is 5.83. The fourth-order valence-corrected chi connectivity index (χ4v) is 4.12. The standard InChI is InChI=1S/C14H11BrClN3OS2/c15-12-6-5-11(22-12)8-21-14-17-13(18-19-14)7-20-10-3-1-9(16)2-4-10/h1-6H,7-8H2,(H,17,18,19). The molecule has 3 rings (SSSR count). The Morgan fingerprint density at radius 1 is 1.23 bits per heavy atom. The molecule has 8 heteroatoms. The molecule has 0 spiro atoms. The first-order valence-corrected chi connectivity index (χ1v) is 9.33. The average molecular weight is 417 g/mol. The number of hydrogen-bond acceptors (Lipinski definition) is 5. The summed E-state index contributed by atoms with van der Waals surface area (Å²) < 4.78 is 6.76. The van der Waals surface area contributed by atoms with Gasteiger partial charge in [-0.05, 0) is 52.3 Å². The fourth-order valence-electron chi connectivity index (χ4n) is 1.65. The molecule has 0 radical (unpaired) electrons. The molecule has 0 aliphatic carbocycles. The minimum atomic E-state index is 0.347. The predicted octanol–water partition coefficient (Wildman–Crippen LogP) is 5.15. The number of aromatic amines is 1. The molecule has 0 saturated carbocycles. The minimum Gasteiger partial charge on any atom is -0.486 e. The number of thioether (sulfide) groups is 1. The van der Waals surface area contributed by atoms with Crippen LogP contribution in [0.25, 0.3) is 0 Å². The van der Waals surface area contributed by atoms with Gasteiger partial charge in [0.15, 0.2) is 5.82 Å². The number of nitrogens with zero attached hydrogens (tertiary/aromatic N) is 2. The highest BCUT2D eigenvalue weighted by Gasteiger charge is 2.06. The number of ether oxygens (including phenoxy) is 1. The third-order valence-electron chi connectivity index (χ3n) is 2.67. The molecule has 1 aromatic carbocycles. The number of halogens is 2. The first kappa shape index (κ1) is 15.9. The molecule has 4 nitrogen and oxygen atoms in total. The topological polar surface area (TPSA) is 50.8 Å². The van der Waals surface area contributed by atoms with E-state index in [-0.39, 0.29) is 0 Å². The molecule has 22 heavy (non-hydrogen) atoms. The van der Waals surface area contributed by atoms with Crippen molar-refractivity contribution in [2.75, 3.05) is 0 Å². The van der Waals surface area contributed by atoms with Crippen LogP contribution in [-0.4, -0.2) is 15.2 Å².